The lowest BCUT2D eigenvalue weighted by Gasteiger charge is -2.20. The average Bonchev–Trinajstić information content (AvgIpc) is 2.67. The van der Waals surface area contributed by atoms with Crippen molar-refractivity contribution in [3.05, 3.63) is 82.7 Å². The van der Waals surface area contributed by atoms with Crippen molar-refractivity contribution in [3.63, 3.8) is 0 Å². The molecule has 0 heterocycles. The first-order valence-corrected chi connectivity index (χ1v) is 8.66. The monoisotopic (exact) mass is 466 g/mol. The molecule has 3 aromatic rings. The lowest BCUT2D eigenvalue weighted by molar-refractivity contribution is -0.189. The van der Waals surface area contributed by atoms with Crippen molar-refractivity contribution in [2.24, 2.45) is 0 Å². The fourth-order valence-corrected chi connectivity index (χ4v) is 2.81. The number of hydrogen-bond acceptors (Lipinski definition) is 2. The molecule has 0 N–H and O–H groups in total. The highest BCUT2D eigenvalue weighted by atomic mass is 19.3. The van der Waals surface area contributed by atoms with Gasteiger partial charge in [-0.1, -0.05) is 12.1 Å². The maximum Gasteiger partial charge on any atom is 0.432 e. The van der Waals surface area contributed by atoms with Crippen LogP contribution in [0.25, 0.3) is 11.1 Å². The molecular formula is C21H11F9O2. The normalized spacial score (nSPS) is 11.7. The molecule has 0 amide bonds. The number of ether oxygens (including phenoxy) is 2. The number of benzene rings is 3. The standard InChI is InChI=1S/C21H11F9O2/c1-9-2-4-12(19(26)18(9)25)10-6-14(23)17(15(24)7-10)21(29,30)32-11-3-5-16(13(22)8-11)31-20(27)28/h2-8,20H,1H3. The summed E-state index contributed by atoms with van der Waals surface area (Å²) in [5.74, 6) is -9.84. The summed E-state index contributed by atoms with van der Waals surface area (Å²) in [7, 11) is 0. The van der Waals surface area contributed by atoms with E-state index in [9.17, 15) is 39.5 Å². The van der Waals surface area contributed by atoms with Crippen LogP contribution in [0.3, 0.4) is 0 Å². The van der Waals surface area contributed by atoms with Crippen LogP contribution in [-0.2, 0) is 6.11 Å². The third-order valence-electron chi connectivity index (χ3n) is 4.28. The van der Waals surface area contributed by atoms with Gasteiger partial charge in [0.15, 0.2) is 23.2 Å². The second-order valence-electron chi connectivity index (χ2n) is 6.46. The largest absolute Gasteiger partial charge is 0.432 e. The van der Waals surface area contributed by atoms with E-state index in [1.165, 1.54) is 6.92 Å². The van der Waals surface area contributed by atoms with Gasteiger partial charge < -0.3 is 9.47 Å². The zero-order valence-corrected chi connectivity index (χ0v) is 15.8. The van der Waals surface area contributed by atoms with Gasteiger partial charge in [0.1, 0.15) is 22.9 Å². The van der Waals surface area contributed by atoms with Crippen molar-refractivity contribution in [3.8, 4) is 22.6 Å². The minimum atomic E-state index is -4.69. The number of aryl methyl sites for hydroxylation is 1. The Hall–Kier alpha value is -3.37. The molecule has 32 heavy (non-hydrogen) atoms. The predicted octanol–water partition coefficient (Wildman–Crippen LogP) is 7.09. The van der Waals surface area contributed by atoms with Crippen molar-refractivity contribution in [2.45, 2.75) is 19.6 Å². The molecule has 0 spiro atoms. The molecule has 0 saturated carbocycles. The molecule has 11 heteroatoms. The second kappa shape index (κ2) is 8.64. The average molecular weight is 466 g/mol. The molecule has 0 aromatic heterocycles. The second-order valence-corrected chi connectivity index (χ2v) is 6.46. The molecule has 3 rings (SSSR count). The van der Waals surface area contributed by atoms with E-state index in [0.29, 0.717) is 24.3 Å². The third-order valence-corrected chi connectivity index (χ3v) is 4.28. The number of hydrogen-bond donors (Lipinski definition) is 0. The van der Waals surface area contributed by atoms with Gasteiger partial charge in [0.2, 0.25) is 0 Å². The first kappa shape index (κ1) is 23.3. The summed E-state index contributed by atoms with van der Waals surface area (Å²) >= 11 is 0. The van der Waals surface area contributed by atoms with E-state index in [1.54, 1.807) is 0 Å². The molecule has 0 aliphatic carbocycles. The van der Waals surface area contributed by atoms with Crippen LogP contribution in [0.2, 0.25) is 0 Å². The number of halogens is 9. The molecule has 170 valence electrons. The van der Waals surface area contributed by atoms with Crippen LogP contribution in [0.5, 0.6) is 11.5 Å². The van der Waals surface area contributed by atoms with Crippen LogP contribution in [-0.4, -0.2) is 6.61 Å². The molecule has 2 nitrogen and oxygen atoms in total. The minimum Gasteiger partial charge on any atom is -0.432 e. The quantitative estimate of drug-likeness (QED) is 0.361. The van der Waals surface area contributed by atoms with Gasteiger partial charge in [0, 0.05) is 11.6 Å². The Balaban J connectivity index is 1.95. The fourth-order valence-electron chi connectivity index (χ4n) is 2.81. The molecule has 0 atom stereocenters. The number of rotatable bonds is 6. The van der Waals surface area contributed by atoms with Gasteiger partial charge in [-0.15, -0.1) is 0 Å². The van der Waals surface area contributed by atoms with Gasteiger partial charge >= 0.3 is 12.7 Å². The zero-order valence-electron chi connectivity index (χ0n) is 15.8. The smallest absolute Gasteiger partial charge is 0.432 e. The summed E-state index contributed by atoms with van der Waals surface area (Å²) in [6, 6.07) is 4.26. The van der Waals surface area contributed by atoms with Gasteiger partial charge in [0.05, 0.1) is 0 Å². The fraction of sp³-hybridized carbons (Fsp3) is 0.143. The first-order valence-electron chi connectivity index (χ1n) is 8.66. The van der Waals surface area contributed by atoms with Crippen molar-refractivity contribution in [1.29, 1.82) is 0 Å². The molecule has 0 fully saturated rings. The Kier molecular flexibility index (Phi) is 6.29. The van der Waals surface area contributed by atoms with E-state index in [-0.39, 0.29) is 11.6 Å². The Morgan fingerprint density at radius 3 is 1.97 bits per heavy atom. The van der Waals surface area contributed by atoms with E-state index >= 15 is 0 Å². The maximum absolute atomic E-state index is 14.4. The molecule has 0 aliphatic heterocycles. The summed E-state index contributed by atoms with van der Waals surface area (Å²) in [6.07, 6.45) is -4.69. The first-order chi connectivity index (χ1) is 14.9. The maximum atomic E-state index is 14.4. The van der Waals surface area contributed by atoms with E-state index in [0.717, 1.165) is 12.1 Å². The summed E-state index contributed by atoms with van der Waals surface area (Å²) in [5, 5.41) is 0. The molecule has 3 aromatic carbocycles. The zero-order chi connectivity index (χ0) is 23.8. The molecule has 0 bridgehead atoms. The Labute approximate surface area is 174 Å². The van der Waals surface area contributed by atoms with Crippen LogP contribution in [0.15, 0.2) is 42.5 Å². The van der Waals surface area contributed by atoms with E-state index in [4.69, 9.17) is 0 Å². The van der Waals surface area contributed by atoms with Gasteiger partial charge in [-0.05, 0) is 42.3 Å². The van der Waals surface area contributed by atoms with Crippen LogP contribution in [0.1, 0.15) is 11.1 Å². The third kappa shape index (κ3) is 4.61. The lowest BCUT2D eigenvalue weighted by Crippen LogP contribution is -2.25. The van der Waals surface area contributed by atoms with E-state index in [2.05, 4.69) is 9.47 Å². The van der Waals surface area contributed by atoms with Crippen LogP contribution in [0.4, 0.5) is 39.5 Å². The molecule has 0 unspecified atom stereocenters. The topological polar surface area (TPSA) is 18.5 Å². The summed E-state index contributed by atoms with van der Waals surface area (Å²) in [5.41, 5.74) is -3.10. The highest BCUT2D eigenvalue weighted by molar-refractivity contribution is 5.65. The van der Waals surface area contributed by atoms with Crippen LogP contribution < -0.4 is 9.47 Å². The summed E-state index contributed by atoms with van der Waals surface area (Å²) < 4.78 is 131. The van der Waals surface area contributed by atoms with Crippen molar-refractivity contribution in [2.75, 3.05) is 0 Å². The van der Waals surface area contributed by atoms with Gasteiger partial charge in [-0.25, -0.2) is 22.0 Å². The highest BCUT2D eigenvalue weighted by Gasteiger charge is 2.41. The van der Waals surface area contributed by atoms with Gasteiger partial charge in [0.25, 0.3) is 0 Å². The van der Waals surface area contributed by atoms with Crippen molar-refractivity contribution in [1.82, 2.24) is 0 Å². The Morgan fingerprint density at radius 2 is 1.41 bits per heavy atom. The Bertz CT molecular complexity index is 1140. The van der Waals surface area contributed by atoms with Gasteiger partial charge in [-0.2, -0.15) is 17.6 Å². The summed E-state index contributed by atoms with van der Waals surface area (Å²) in [4.78, 5) is 0. The predicted molar refractivity (Wildman–Crippen MR) is 94.0 cm³/mol. The SMILES string of the molecule is Cc1ccc(-c2cc(F)c(C(F)(F)Oc3ccc(OC(F)F)c(F)c3)c(F)c2)c(F)c1F. The lowest BCUT2D eigenvalue weighted by atomic mass is 10.0. The van der Waals surface area contributed by atoms with E-state index < -0.39 is 70.0 Å². The van der Waals surface area contributed by atoms with Crippen molar-refractivity contribution >= 4 is 0 Å². The highest BCUT2D eigenvalue weighted by Crippen LogP contribution is 2.38. The minimum absolute atomic E-state index is 0.0825. The Morgan fingerprint density at radius 1 is 0.781 bits per heavy atom. The molecule has 0 radical (unpaired) electrons. The molecule has 0 aliphatic rings. The number of alkyl halides is 4. The molecule has 0 saturated heterocycles. The van der Waals surface area contributed by atoms with E-state index in [1.807, 2.05) is 0 Å². The van der Waals surface area contributed by atoms with Crippen LogP contribution in [0, 0.1) is 36.0 Å². The van der Waals surface area contributed by atoms with Crippen LogP contribution >= 0.6 is 0 Å². The molecular weight excluding hydrogens is 455 g/mol. The summed E-state index contributed by atoms with van der Waals surface area (Å²) in [6.45, 7) is -2.13. The van der Waals surface area contributed by atoms with Crippen molar-refractivity contribution < 1.29 is 49.0 Å². The van der Waals surface area contributed by atoms with Gasteiger partial charge in [-0.3, -0.25) is 0 Å².